The van der Waals surface area contributed by atoms with E-state index in [0.717, 1.165) is 22.6 Å². The van der Waals surface area contributed by atoms with Crippen LogP contribution in [0, 0.1) is 0 Å². The van der Waals surface area contributed by atoms with E-state index in [1.54, 1.807) is 6.07 Å². The number of imide groups is 1. The summed E-state index contributed by atoms with van der Waals surface area (Å²) in [6.07, 6.45) is 0.967. The predicted molar refractivity (Wildman–Crippen MR) is 96.0 cm³/mol. The average molecular weight is 336 g/mol. The second kappa shape index (κ2) is 6.51. The van der Waals surface area contributed by atoms with E-state index in [0.29, 0.717) is 17.0 Å². The minimum absolute atomic E-state index is 0.273. The fourth-order valence-corrected chi connectivity index (χ4v) is 2.96. The van der Waals surface area contributed by atoms with Crippen LogP contribution in [0.15, 0.2) is 42.5 Å². The van der Waals surface area contributed by atoms with E-state index in [-0.39, 0.29) is 23.3 Å². The Hall–Kier alpha value is -2.95. The van der Waals surface area contributed by atoms with Crippen LogP contribution in [0.1, 0.15) is 62.8 Å². The molecule has 0 fully saturated rings. The zero-order valence-corrected chi connectivity index (χ0v) is 14.5. The molecule has 0 aliphatic carbocycles. The first kappa shape index (κ1) is 16.9. The van der Waals surface area contributed by atoms with Gasteiger partial charge in [-0.1, -0.05) is 32.0 Å². The van der Waals surface area contributed by atoms with Gasteiger partial charge in [-0.25, -0.2) is 0 Å². The molecule has 1 aliphatic heterocycles. The highest BCUT2D eigenvalue weighted by Crippen LogP contribution is 2.28. The van der Waals surface area contributed by atoms with Crippen LogP contribution >= 0.6 is 0 Å². The van der Waals surface area contributed by atoms with Crippen molar-refractivity contribution in [1.82, 2.24) is 4.90 Å². The summed E-state index contributed by atoms with van der Waals surface area (Å²) in [5, 5.41) is 2.92. The predicted octanol–water partition coefficient (Wildman–Crippen LogP) is 3.68. The summed E-state index contributed by atoms with van der Waals surface area (Å²) in [5.41, 5.74) is 2.81. The Morgan fingerprint density at radius 2 is 1.76 bits per heavy atom. The minimum atomic E-state index is -0.380. The fourth-order valence-electron chi connectivity index (χ4n) is 2.96. The smallest absolute Gasteiger partial charge is 0.261 e. The molecule has 0 aromatic heterocycles. The van der Waals surface area contributed by atoms with Crippen molar-refractivity contribution in [2.75, 3.05) is 12.4 Å². The van der Waals surface area contributed by atoms with Gasteiger partial charge in [0.2, 0.25) is 0 Å². The van der Waals surface area contributed by atoms with E-state index in [9.17, 15) is 14.4 Å². The number of para-hydroxylation sites is 1. The second-order valence-electron chi connectivity index (χ2n) is 6.28. The number of hydrogen-bond acceptors (Lipinski definition) is 3. The highest BCUT2D eigenvalue weighted by Gasteiger charge is 2.33. The lowest BCUT2D eigenvalue weighted by Crippen LogP contribution is -2.24. The molecule has 1 aliphatic rings. The number of nitrogens with zero attached hydrogens (tertiary/aromatic N) is 1. The van der Waals surface area contributed by atoms with Crippen molar-refractivity contribution in [2.45, 2.75) is 26.2 Å². The van der Waals surface area contributed by atoms with Crippen molar-refractivity contribution < 1.29 is 14.4 Å². The lowest BCUT2D eigenvalue weighted by Gasteiger charge is -2.15. The quantitative estimate of drug-likeness (QED) is 0.866. The third-order valence-electron chi connectivity index (χ3n) is 4.70. The first-order chi connectivity index (χ1) is 11.9. The zero-order chi connectivity index (χ0) is 18.1. The lowest BCUT2D eigenvalue weighted by atomic mass is 9.96. The Kier molecular flexibility index (Phi) is 4.40. The standard InChI is InChI=1S/C20H20N2O3/c1-4-12(2)14-7-5-6-8-17(14)21-18(23)13-9-10-15-16(11-13)20(25)22(3)19(15)24/h5-12H,4H2,1-3H3,(H,21,23). The Morgan fingerprint density at radius 3 is 2.48 bits per heavy atom. The maximum atomic E-state index is 12.6. The summed E-state index contributed by atoms with van der Waals surface area (Å²) in [6.45, 7) is 4.21. The molecule has 3 amide bonds. The number of amides is 3. The van der Waals surface area contributed by atoms with Crippen LogP contribution in [0.3, 0.4) is 0 Å². The van der Waals surface area contributed by atoms with Crippen molar-refractivity contribution in [2.24, 2.45) is 0 Å². The van der Waals surface area contributed by atoms with Crippen molar-refractivity contribution >= 4 is 23.4 Å². The Morgan fingerprint density at radius 1 is 1.08 bits per heavy atom. The van der Waals surface area contributed by atoms with Crippen LogP contribution < -0.4 is 5.32 Å². The Labute approximate surface area is 146 Å². The molecule has 0 saturated carbocycles. The second-order valence-corrected chi connectivity index (χ2v) is 6.28. The number of nitrogens with one attached hydrogen (secondary N) is 1. The van der Waals surface area contributed by atoms with Crippen LogP contribution in [0.5, 0.6) is 0 Å². The van der Waals surface area contributed by atoms with Gasteiger partial charge in [0.15, 0.2) is 0 Å². The molecular weight excluding hydrogens is 316 g/mol. The zero-order valence-electron chi connectivity index (χ0n) is 14.5. The number of carbonyl (C=O) groups is 3. The first-order valence-corrected chi connectivity index (χ1v) is 8.30. The highest BCUT2D eigenvalue weighted by atomic mass is 16.2. The Balaban J connectivity index is 1.89. The van der Waals surface area contributed by atoms with Gasteiger partial charge in [-0.2, -0.15) is 0 Å². The van der Waals surface area contributed by atoms with Gasteiger partial charge in [-0.15, -0.1) is 0 Å². The van der Waals surface area contributed by atoms with Gasteiger partial charge in [-0.05, 0) is 42.2 Å². The molecule has 1 unspecified atom stereocenters. The van der Waals surface area contributed by atoms with Gasteiger partial charge >= 0.3 is 0 Å². The third kappa shape index (κ3) is 2.93. The van der Waals surface area contributed by atoms with Gasteiger partial charge in [0.1, 0.15) is 0 Å². The monoisotopic (exact) mass is 336 g/mol. The molecule has 1 heterocycles. The number of carbonyl (C=O) groups excluding carboxylic acids is 3. The molecule has 2 aromatic rings. The van der Waals surface area contributed by atoms with E-state index < -0.39 is 0 Å². The van der Waals surface area contributed by atoms with E-state index >= 15 is 0 Å². The molecule has 0 saturated heterocycles. The molecule has 1 N–H and O–H groups in total. The van der Waals surface area contributed by atoms with Gasteiger partial charge in [-0.3, -0.25) is 19.3 Å². The number of anilines is 1. The molecule has 0 bridgehead atoms. The van der Waals surface area contributed by atoms with E-state index in [1.165, 1.54) is 19.2 Å². The summed E-state index contributed by atoms with van der Waals surface area (Å²) >= 11 is 0. The van der Waals surface area contributed by atoms with Crippen LogP contribution in [-0.4, -0.2) is 29.7 Å². The lowest BCUT2D eigenvalue weighted by molar-refractivity contribution is 0.0693. The SMILES string of the molecule is CCC(C)c1ccccc1NC(=O)c1ccc2c(c1)C(=O)N(C)C2=O. The van der Waals surface area contributed by atoms with Crippen LogP contribution in [0.25, 0.3) is 0 Å². The summed E-state index contributed by atoms with van der Waals surface area (Å²) in [6, 6.07) is 12.3. The van der Waals surface area contributed by atoms with Gasteiger partial charge in [0.25, 0.3) is 17.7 Å². The summed E-state index contributed by atoms with van der Waals surface area (Å²) in [4.78, 5) is 37.7. The molecule has 0 radical (unpaired) electrons. The number of fused-ring (bicyclic) bond motifs is 1. The summed E-state index contributed by atoms with van der Waals surface area (Å²) in [5.74, 6) is -0.693. The molecule has 1 atom stereocenters. The summed E-state index contributed by atoms with van der Waals surface area (Å²) < 4.78 is 0. The Bertz CT molecular complexity index is 873. The number of rotatable bonds is 4. The van der Waals surface area contributed by atoms with Gasteiger partial charge < -0.3 is 5.32 Å². The average Bonchev–Trinajstić information content (AvgIpc) is 2.85. The largest absolute Gasteiger partial charge is 0.322 e. The van der Waals surface area contributed by atoms with E-state index in [1.807, 2.05) is 24.3 Å². The number of benzene rings is 2. The van der Waals surface area contributed by atoms with E-state index in [2.05, 4.69) is 19.2 Å². The van der Waals surface area contributed by atoms with Crippen LogP contribution in [0.2, 0.25) is 0 Å². The van der Waals surface area contributed by atoms with Crippen molar-refractivity contribution in [1.29, 1.82) is 0 Å². The molecule has 128 valence electrons. The third-order valence-corrected chi connectivity index (χ3v) is 4.70. The normalized spacial score (nSPS) is 14.4. The fraction of sp³-hybridized carbons (Fsp3) is 0.250. The van der Waals surface area contributed by atoms with Crippen molar-refractivity contribution in [3.8, 4) is 0 Å². The minimum Gasteiger partial charge on any atom is -0.322 e. The molecule has 3 rings (SSSR count). The summed E-state index contributed by atoms with van der Waals surface area (Å²) in [7, 11) is 1.44. The molecule has 0 spiro atoms. The molecule has 25 heavy (non-hydrogen) atoms. The molecular formula is C20H20N2O3. The number of hydrogen-bond donors (Lipinski definition) is 1. The topological polar surface area (TPSA) is 66.5 Å². The molecule has 5 heteroatoms. The van der Waals surface area contributed by atoms with Crippen molar-refractivity contribution in [3.63, 3.8) is 0 Å². The highest BCUT2D eigenvalue weighted by molar-refractivity contribution is 6.22. The van der Waals surface area contributed by atoms with Gasteiger partial charge in [0, 0.05) is 18.3 Å². The van der Waals surface area contributed by atoms with Crippen molar-refractivity contribution in [3.05, 3.63) is 64.7 Å². The van der Waals surface area contributed by atoms with Crippen LogP contribution in [0.4, 0.5) is 5.69 Å². The molecule has 2 aromatic carbocycles. The van der Waals surface area contributed by atoms with Gasteiger partial charge in [0.05, 0.1) is 11.1 Å². The van der Waals surface area contributed by atoms with Crippen LogP contribution in [-0.2, 0) is 0 Å². The maximum Gasteiger partial charge on any atom is 0.261 e. The maximum absolute atomic E-state index is 12.6. The van der Waals surface area contributed by atoms with E-state index in [4.69, 9.17) is 0 Å². The molecule has 5 nitrogen and oxygen atoms in total. The first-order valence-electron chi connectivity index (χ1n) is 8.30.